The number of fused-ring (bicyclic) bond motifs is 8. The van der Waals surface area contributed by atoms with Crippen molar-refractivity contribution in [3.63, 3.8) is 0 Å². The fraction of sp³-hybridized carbons (Fsp3) is 0.183. The van der Waals surface area contributed by atoms with Gasteiger partial charge in [0.25, 0.3) is 0 Å². The van der Waals surface area contributed by atoms with Crippen LogP contribution in [0, 0.1) is 5.92 Å². The predicted molar refractivity (Wildman–Crippen MR) is 270 cm³/mol. The van der Waals surface area contributed by atoms with Gasteiger partial charge in [-0.3, -0.25) is 4.57 Å². The highest BCUT2D eigenvalue weighted by Gasteiger charge is 2.42. The molecule has 3 aromatic heterocycles. The Balaban J connectivity index is 1.14. The summed E-state index contributed by atoms with van der Waals surface area (Å²) < 4.78 is 4.82. The molecule has 0 radical (unpaired) electrons. The lowest BCUT2D eigenvalue weighted by Gasteiger charge is -2.46. The first-order chi connectivity index (χ1) is 31.7. The third-order valence-electron chi connectivity index (χ3n) is 14.8. The van der Waals surface area contributed by atoms with Crippen LogP contribution in [0.4, 0.5) is 0 Å². The maximum atomic E-state index is 5.51. The lowest BCUT2D eigenvalue weighted by atomic mass is 9.58. The zero-order valence-electron chi connectivity index (χ0n) is 37.6. The summed E-state index contributed by atoms with van der Waals surface area (Å²) in [5.41, 5.74) is 14.5. The number of benzene rings is 7. The third kappa shape index (κ3) is 6.24. The number of aromatic nitrogens is 5. The monoisotopic (exact) mass is 841 g/mol. The minimum Gasteiger partial charge on any atom is -0.307 e. The molecule has 0 N–H and O–H groups in total. The molecule has 2 unspecified atom stereocenters. The molecule has 0 spiro atoms. The van der Waals surface area contributed by atoms with E-state index >= 15 is 0 Å². The van der Waals surface area contributed by atoms with E-state index in [1.807, 2.05) is 6.07 Å². The van der Waals surface area contributed by atoms with E-state index in [1.165, 1.54) is 50.6 Å². The van der Waals surface area contributed by atoms with Crippen LogP contribution in [0.1, 0.15) is 75.9 Å². The molecular formula is C60H51N5. The van der Waals surface area contributed by atoms with Gasteiger partial charge >= 0.3 is 0 Å². The van der Waals surface area contributed by atoms with E-state index in [0.717, 1.165) is 56.3 Å². The van der Waals surface area contributed by atoms with E-state index < -0.39 is 0 Å². The van der Waals surface area contributed by atoms with Crippen molar-refractivity contribution in [2.45, 2.75) is 64.2 Å². The number of allylic oxidation sites excluding steroid dienone is 4. The molecule has 316 valence electrons. The molecule has 0 aliphatic heterocycles. The van der Waals surface area contributed by atoms with Gasteiger partial charge in [0.2, 0.25) is 5.95 Å². The van der Waals surface area contributed by atoms with Crippen molar-refractivity contribution >= 4 is 49.2 Å². The number of hydrogen-bond acceptors (Lipinski definition) is 3. The summed E-state index contributed by atoms with van der Waals surface area (Å²) in [6.45, 7) is 12.1. The number of hydrogen-bond donors (Lipinski definition) is 0. The van der Waals surface area contributed by atoms with E-state index in [2.05, 4.69) is 220 Å². The van der Waals surface area contributed by atoms with Crippen LogP contribution in [0.5, 0.6) is 0 Å². The van der Waals surface area contributed by atoms with Crippen LogP contribution in [0.15, 0.2) is 182 Å². The zero-order valence-corrected chi connectivity index (χ0v) is 37.6. The van der Waals surface area contributed by atoms with Gasteiger partial charge in [0, 0.05) is 38.6 Å². The minimum absolute atomic E-state index is 0.0407. The highest BCUT2D eigenvalue weighted by atomic mass is 15.2. The highest BCUT2D eigenvalue weighted by molar-refractivity contribution is 6.24. The molecule has 0 fully saturated rings. The first-order valence-corrected chi connectivity index (χ1v) is 23.1. The summed E-state index contributed by atoms with van der Waals surface area (Å²) in [6.07, 6.45) is 8.58. The largest absolute Gasteiger partial charge is 0.307 e. The maximum Gasteiger partial charge on any atom is 0.238 e. The van der Waals surface area contributed by atoms with Crippen molar-refractivity contribution in [3.05, 3.63) is 205 Å². The summed E-state index contributed by atoms with van der Waals surface area (Å²) in [4.78, 5) is 16.2. The molecule has 10 aromatic rings. The molecule has 12 rings (SSSR count). The summed E-state index contributed by atoms with van der Waals surface area (Å²) in [7, 11) is 0. The average molecular weight is 842 g/mol. The van der Waals surface area contributed by atoms with Gasteiger partial charge in [0.05, 0.1) is 27.8 Å². The van der Waals surface area contributed by atoms with E-state index in [0.29, 0.717) is 17.7 Å². The van der Waals surface area contributed by atoms with E-state index in [9.17, 15) is 0 Å². The second-order valence-corrected chi connectivity index (χ2v) is 19.5. The quantitative estimate of drug-likeness (QED) is 0.168. The summed E-state index contributed by atoms with van der Waals surface area (Å²) in [5.74, 6) is 2.53. The number of para-hydroxylation sites is 3. The van der Waals surface area contributed by atoms with Crippen LogP contribution in [-0.2, 0) is 10.8 Å². The molecule has 7 aromatic carbocycles. The Labute approximate surface area is 380 Å². The van der Waals surface area contributed by atoms with Crippen molar-refractivity contribution in [1.82, 2.24) is 24.1 Å². The first kappa shape index (κ1) is 39.2. The molecule has 2 aliphatic carbocycles. The van der Waals surface area contributed by atoms with Crippen LogP contribution in [0.25, 0.3) is 83.3 Å². The fourth-order valence-corrected chi connectivity index (χ4v) is 11.2. The van der Waals surface area contributed by atoms with Crippen molar-refractivity contribution in [1.29, 1.82) is 0 Å². The second kappa shape index (κ2) is 14.9. The number of rotatable bonds is 6. The molecule has 65 heavy (non-hydrogen) atoms. The molecule has 2 aliphatic rings. The third-order valence-corrected chi connectivity index (χ3v) is 14.8. The van der Waals surface area contributed by atoms with Gasteiger partial charge in [-0.25, -0.2) is 4.98 Å². The lowest BCUT2D eigenvalue weighted by molar-refractivity contribution is 0.233. The SMILES string of the molecule is CC1CC(C)(C)c2ccc(-c3ccccc3-n3c4ccccc4c4ccc5c6ccccc6n(-c6nc(-c7ccccc7)nc(C7C=CC=C(c8ccccc8)C7)n6)c5c43)cc2C1(C)C. The van der Waals surface area contributed by atoms with Crippen molar-refractivity contribution in [3.8, 4) is 34.2 Å². The Kier molecular flexibility index (Phi) is 8.97. The Morgan fingerprint density at radius 1 is 0.538 bits per heavy atom. The Morgan fingerprint density at radius 3 is 1.88 bits per heavy atom. The number of nitrogens with zero attached hydrogens (tertiary/aromatic N) is 5. The van der Waals surface area contributed by atoms with E-state index in [4.69, 9.17) is 15.0 Å². The smallest absolute Gasteiger partial charge is 0.238 e. The van der Waals surface area contributed by atoms with E-state index in [1.54, 1.807) is 0 Å². The second-order valence-electron chi connectivity index (χ2n) is 19.5. The van der Waals surface area contributed by atoms with Crippen LogP contribution >= 0.6 is 0 Å². The normalized spacial score (nSPS) is 17.8. The molecule has 3 heterocycles. The molecule has 5 nitrogen and oxygen atoms in total. The summed E-state index contributed by atoms with van der Waals surface area (Å²) >= 11 is 0. The molecule has 0 saturated heterocycles. The van der Waals surface area contributed by atoms with Crippen LogP contribution in [-0.4, -0.2) is 24.1 Å². The van der Waals surface area contributed by atoms with Crippen LogP contribution in [0.2, 0.25) is 0 Å². The van der Waals surface area contributed by atoms with Gasteiger partial charge < -0.3 is 4.57 Å². The van der Waals surface area contributed by atoms with Gasteiger partial charge in [-0.15, -0.1) is 0 Å². The van der Waals surface area contributed by atoms with Gasteiger partial charge in [-0.2, -0.15) is 9.97 Å². The van der Waals surface area contributed by atoms with E-state index in [-0.39, 0.29) is 16.7 Å². The molecule has 2 atom stereocenters. The van der Waals surface area contributed by atoms with Gasteiger partial charge in [0.1, 0.15) is 5.82 Å². The predicted octanol–water partition coefficient (Wildman–Crippen LogP) is 15.1. The zero-order chi connectivity index (χ0) is 44.0. The van der Waals surface area contributed by atoms with Crippen LogP contribution < -0.4 is 0 Å². The minimum atomic E-state index is -0.0407. The van der Waals surface area contributed by atoms with Crippen molar-refractivity contribution in [2.75, 3.05) is 0 Å². The van der Waals surface area contributed by atoms with Crippen molar-refractivity contribution < 1.29 is 0 Å². The summed E-state index contributed by atoms with van der Waals surface area (Å²) in [5, 5.41) is 4.68. The van der Waals surface area contributed by atoms with Gasteiger partial charge in [-0.05, 0) is 75.6 Å². The molecule has 0 bridgehead atoms. The van der Waals surface area contributed by atoms with Gasteiger partial charge in [-0.1, -0.05) is 198 Å². The molecule has 5 heteroatoms. The van der Waals surface area contributed by atoms with Gasteiger partial charge in [0.15, 0.2) is 5.82 Å². The van der Waals surface area contributed by atoms with Crippen molar-refractivity contribution in [2.24, 2.45) is 5.92 Å². The summed E-state index contributed by atoms with van der Waals surface area (Å²) in [6, 6.07) is 59.4. The molecule has 0 saturated carbocycles. The lowest BCUT2D eigenvalue weighted by Crippen LogP contribution is -2.40. The highest BCUT2D eigenvalue weighted by Crippen LogP contribution is 2.51. The average Bonchev–Trinajstić information content (AvgIpc) is 3.87. The molecule has 0 amide bonds. The Bertz CT molecular complexity index is 3570. The maximum absolute atomic E-state index is 5.51. The Hall–Kier alpha value is -7.37. The fourth-order valence-electron chi connectivity index (χ4n) is 11.2. The standard InChI is InChI=1S/C60H51N5/c1-38-37-59(2,3)49-34-31-42(36-50(49)60(38,4)5)44-25-12-15-28-51(44)64-52-29-16-13-26-45(52)47-32-33-48-46-27-14-17-30-53(46)65(55(48)54(47)64)58-62-56(40-21-10-7-11-22-40)61-57(63-58)43-24-18-23-41(35-43)39-19-8-6-9-20-39/h6-34,36,38,43H,35,37H2,1-5H3. The van der Waals surface area contributed by atoms with Crippen LogP contribution in [0.3, 0.4) is 0 Å². The topological polar surface area (TPSA) is 48.5 Å². The molecular weight excluding hydrogens is 791 g/mol. The first-order valence-electron chi connectivity index (χ1n) is 23.1. The Morgan fingerprint density at radius 2 is 1.15 bits per heavy atom.